The van der Waals surface area contributed by atoms with Crippen LogP contribution in [0.5, 0.6) is 0 Å². The number of nitrogens with one attached hydrogen (secondary N) is 1. The van der Waals surface area contributed by atoms with Crippen molar-refractivity contribution in [1.29, 1.82) is 0 Å². The van der Waals surface area contributed by atoms with Crippen LogP contribution in [0.1, 0.15) is 15.9 Å². The summed E-state index contributed by atoms with van der Waals surface area (Å²) in [6, 6.07) is 9.44. The van der Waals surface area contributed by atoms with Gasteiger partial charge in [-0.2, -0.15) is 0 Å². The van der Waals surface area contributed by atoms with Crippen molar-refractivity contribution in [2.45, 2.75) is 6.54 Å². The highest BCUT2D eigenvalue weighted by Gasteiger charge is 2.09. The maximum absolute atomic E-state index is 12.0. The van der Waals surface area contributed by atoms with E-state index in [1.54, 1.807) is 12.4 Å². The fourth-order valence-corrected chi connectivity index (χ4v) is 2.37. The molecule has 92 valence electrons. The van der Waals surface area contributed by atoms with E-state index in [0.29, 0.717) is 12.1 Å². The van der Waals surface area contributed by atoms with Crippen LogP contribution in [-0.2, 0) is 6.54 Å². The molecule has 1 aromatic heterocycles. The molecule has 0 unspecified atom stereocenters. The number of halogens is 2. The van der Waals surface area contributed by atoms with Gasteiger partial charge in [-0.3, -0.25) is 9.78 Å². The van der Waals surface area contributed by atoms with Crippen LogP contribution >= 0.6 is 38.5 Å². The predicted octanol–water partition coefficient (Wildman–Crippen LogP) is 3.38. The molecule has 2 rings (SSSR count). The first-order valence-electron chi connectivity index (χ1n) is 5.29. The molecule has 0 bridgehead atoms. The molecular weight excluding hydrogens is 407 g/mol. The molecule has 0 fully saturated rings. The Morgan fingerprint density at radius 1 is 1.28 bits per heavy atom. The third-order valence-electron chi connectivity index (χ3n) is 2.38. The van der Waals surface area contributed by atoms with Crippen LogP contribution in [0.4, 0.5) is 0 Å². The molecule has 3 nitrogen and oxygen atoms in total. The molecule has 0 aliphatic rings. The van der Waals surface area contributed by atoms with E-state index in [-0.39, 0.29) is 5.91 Å². The summed E-state index contributed by atoms with van der Waals surface area (Å²) in [6.45, 7) is 0.499. The van der Waals surface area contributed by atoms with Crippen molar-refractivity contribution < 1.29 is 4.79 Å². The average molecular weight is 417 g/mol. The van der Waals surface area contributed by atoms with Crippen LogP contribution in [0.25, 0.3) is 0 Å². The average Bonchev–Trinajstić information content (AvgIpc) is 2.40. The summed E-state index contributed by atoms with van der Waals surface area (Å²) in [7, 11) is 0. The van der Waals surface area contributed by atoms with Gasteiger partial charge in [0.1, 0.15) is 0 Å². The van der Waals surface area contributed by atoms with E-state index in [1.807, 2.05) is 30.3 Å². The summed E-state index contributed by atoms with van der Waals surface area (Å²) in [5, 5.41) is 2.88. The number of hydrogen-bond donors (Lipinski definition) is 1. The molecule has 0 aliphatic carbocycles. The van der Waals surface area contributed by atoms with Crippen LogP contribution in [0, 0.1) is 3.57 Å². The first-order valence-corrected chi connectivity index (χ1v) is 7.16. The van der Waals surface area contributed by atoms with E-state index >= 15 is 0 Å². The summed E-state index contributed by atoms with van der Waals surface area (Å²) in [5.74, 6) is -0.0859. The van der Waals surface area contributed by atoms with Gasteiger partial charge in [-0.05, 0) is 74.4 Å². The molecule has 0 saturated carbocycles. The lowest BCUT2D eigenvalue weighted by Gasteiger charge is -2.07. The Morgan fingerprint density at radius 2 is 2.00 bits per heavy atom. The number of carbonyl (C=O) groups is 1. The van der Waals surface area contributed by atoms with Crippen molar-refractivity contribution in [3.63, 3.8) is 0 Å². The molecule has 1 aromatic carbocycles. The van der Waals surface area contributed by atoms with Gasteiger partial charge in [-0.15, -0.1) is 0 Å². The fraction of sp³-hybridized carbons (Fsp3) is 0.0769. The summed E-state index contributed by atoms with van der Waals surface area (Å²) in [6.07, 6.45) is 3.42. The molecule has 5 heteroatoms. The van der Waals surface area contributed by atoms with Gasteiger partial charge in [0, 0.05) is 27.0 Å². The Bertz CT molecular complexity index is 560. The summed E-state index contributed by atoms with van der Waals surface area (Å²) >= 11 is 5.57. The largest absolute Gasteiger partial charge is 0.348 e. The highest BCUT2D eigenvalue weighted by molar-refractivity contribution is 14.1. The van der Waals surface area contributed by atoms with Crippen molar-refractivity contribution in [3.05, 3.63) is 61.9 Å². The van der Waals surface area contributed by atoms with Crippen LogP contribution in [0.2, 0.25) is 0 Å². The van der Waals surface area contributed by atoms with Gasteiger partial charge < -0.3 is 5.32 Å². The molecule has 0 spiro atoms. The molecule has 1 amide bonds. The minimum atomic E-state index is -0.0859. The highest BCUT2D eigenvalue weighted by Crippen LogP contribution is 2.19. The maximum atomic E-state index is 12.0. The van der Waals surface area contributed by atoms with Crippen LogP contribution in [-0.4, -0.2) is 10.9 Å². The molecule has 0 atom stereocenters. The predicted molar refractivity (Wildman–Crippen MR) is 82.3 cm³/mol. The van der Waals surface area contributed by atoms with Crippen molar-refractivity contribution >= 4 is 44.4 Å². The van der Waals surface area contributed by atoms with Gasteiger partial charge >= 0.3 is 0 Å². The first kappa shape index (κ1) is 13.5. The lowest BCUT2D eigenvalue weighted by atomic mass is 10.2. The number of rotatable bonds is 3. The van der Waals surface area contributed by atoms with Gasteiger partial charge in [0.25, 0.3) is 5.91 Å². The lowest BCUT2D eigenvalue weighted by molar-refractivity contribution is 0.0950. The number of benzene rings is 1. The second-order valence-electron chi connectivity index (χ2n) is 3.66. The van der Waals surface area contributed by atoms with E-state index in [2.05, 4.69) is 48.8 Å². The zero-order chi connectivity index (χ0) is 13.0. The van der Waals surface area contributed by atoms with Crippen LogP contribution < -0.4 is 5.32 Å². The van der Waals surface area contributed by atoms with E-state index in [1.165, 1.54) is 0 Å². The lowest BCUT2D eigenvalue weighted by Crippen LogP contribution is -2.23. The van der Waals surface area contributed by atoms with Crippen LogP contribution in [0.15, 0.2) is 47.2 Å². The van der Waals surface area contributed by atoms with Crippen molar-refractivity contribution in [2.24, 2.45) is 0 Å². The molecule has 1 N–H and O–H groups in total. The van der Waals surface area contributed by atoms with Gasteiger partial charge in [-0.25, -0.2) is 0 Å². The molecule has 1 heterocycles. The second kappa shape index (κ2) is 6.29. The third kappa shape index (κ3) is 3.52. The Hall–Kier alpha value is -0.950. The first-order chi connectivity index (χ1) is 8.66. The summed E-state index contributed by atoms with van der Waals surface area (Å²) in [5.41, 5.74) is 1.68. The number of carbonyl (C=O) groups excluding carboxylic acids is 1. The van der Waals surface area contributed by atoms with E-state index in [0.717, 1.165) is 13.6 Å². The molecule has 0 saturated heterocycles. The summed E-state index contributed by atoms with van der Waals surface area (Å²) in [4.78, 5) is 16.0. The monoisotopic (exact) mass is 416 g/mol. The Morgan fingerprint density at radius 3 is 2.72 bits per heavy atom. The van der Waals surface area contributed by atoms with Gasteiger partial charge in [0.05, 0.1) is 5.56 Å². The molecule has 2 aromatic rings. The number of hydrogen-bond acceptors (Lipinski definition) is 2. The SMILES string of the molecule is O=C(NCc1ccncc1)c1cc(I)ccc1Br. The third-order valence-corrected chi connectivity index (χ3v) is 3.74. The Balaban J connectivity index is 2.06. The van der Waals surface area contributed by atoms with Crippen molar-refractivity contribution in [1.82, 2.24) is 10.3 Å². The minimum absolute atomic E-state index is 0.0859. The van der Waals surface area contributed by atoms with E-state index in [4.69, 9.17) is 0 Å². The summed E-state index contributed by atoms with van der Waals surface area (Å²) < 4.78 is 1.83. The fourth-order valence-electron chi connectivity index (χ4n) is 1.45. The van der Waals surface area contributed by atoms with Gasteiger partial charge in [-0.1, -0.05) is 0 Å². The van der Waals surface area contributed by atoms with E-state index < -0.39 is 0 Å². The highest BCUT2D eigenvalue weighted by atomic mass is 127. The molecule has 0 aliphatic heterocycles. The topological polar surface area (TPSA) is 42.0 Å². The van der Waals surface area contributed by atoms with E-state index in [9.17, 15) is 4.79 Å². The zero-order valence-corrected chi connectivity index (χ0v) is 13.1. The second-order valence-corrected chi connectivity index (χ2v) is 5.76. The van der Waals surface area contributed by atoms with Crippen molar-refractivity contribution in [2.75, 3.05) is 0 Å². The quantitative estimate of drug-likeness (QED) is 0.779. The van der Waals surface area contributed by atoms with Crippen molar-refractivity contribution in [3.8, 4) is 0 Å². The normalized spacial score (nSPS) is 10.1. The number of aromatic nitrogens is 1. The number of amides is 1. The smallest absolute Gasteiger partial charge is 0.252 e. The maximum Gasteiger partial charge on any atom is 0.252 e. The Labute approximate surface area is 127 Å². The molecular formula is C13H10BrIN2O. The number of pyridine rings is 1. The Kier molecular flexibility index (Phi) is 4.71. The molecule has 18 heavy (non-hydrogen) atoms. The van der Waals surface area contributed by atoms with Crippen LogP contribution in [0.3, 0.4) is 0 Å². The van der Waals surface area contributed by atoms with Gasteiger partial charge in [0.2, 0.25) is 0 Å². The zero-order valence-electron chi connectivity index (χ0n) is 9.36. The number of nitrogens with zero attached hydrogens (tertiary/aromatic N) is 1. The molecule has 0 radical (unpaired) electrons. The van der Waals surface area contributed by atoms with Gasteiger partial charge in [0.15, 0.2) is 0 Å². The minimum Gasteiger partial charge on any atom is -0.348 e. The standard InChI is InChI=1S/C13H10BrIN2O/c14-12-2-1-10(15)7-11(12)13(18)17-8-9-3-5-16-6-4-9/h1-7H,8H2,(H,17,18).